The molecule has 0 aromatic carbocycles. The van der Waals surface area contributed by atoms with E-state index in [1.165, 1.54) is 0 Å². The Hall–Kier alpha value is -0.610. The zero-order valence-corrected chi connectivity index (χ0v) is 10.1. The van der Waals surface area contributed by atoms with Crippen LogP contribution in [-0.2, 0) is 4.79 Å². The van der Waals surface area contributed by atoms with Crippen molar-refractivity contribution in [2.75, 3.05) is 40.3 Å². The van der Waals surface area contributed by atoms with Gasteiger partial charge in [0.15, 0.2) is 0 Å². The Kier molecular flexibility index (Phi) is 11.9. The van der Waals surface area contributed by atoms with Crippen LogP contribution in [0.15, 0.2) is 0 Å². The lowest BCUT2D eigenvalue weighted by atomic mass is 10.4. The molecule has 86 valence electrons. The number of hydrogen-bond donors (Lipinski definition) is 1. The first-order chi connectivity index (χ1) is 6.57. The summed E-state index contributed by atoms with van der Waals surface area (Å²) in [4.78, 5) is 14.4. The molecule has 0 saturated heterocycles. The molecule has 0 aromatic heterocycles. The summed E-state index contributed by atoms with van der Waals surface area (Å²) in [5, 5.41) is 8.59. The molecule has 14 heavy (non-hydrogen) atoms. The summed E-state index contributed by atoms with van der Waals surface area (Å²) in [5.74, 6) is 0.0763. The first-order valence-corrected chi connectivity index (χ1v) is 5.09. The molecule has 0 aliphatic heterocycles. The first-order valence-electron chi connectivity index (χ1n) is 5.09. The molecule has 0 fully saturated rings. The number of carbonyl (C=O) groups is 1. The summed E-state index contributed by atoms with van der Waals surface area (Å²) in [6, 6.07) is 0. The molecule has 1 amide bonds. The van der Waals surface area contributed by atoms with Gasteiger partial charge in [-0.2, -0.15) is 0 Å². The lowest BCUT2D eigenvalue weighted by Gasteiger charge is -2.20. The van der Waals surface area contributed by atoms with Gasteiger partial charge in [0, 0.05) is 33.6 Å². The molecule has 0 saturated carbocycles. The van der Waals surface area contributed by atoms with E-state index in [-0.39, 0.29) is 12.5 Å². The summed E-state index contributed by atoms with van der Waals surface area (Å²) < 4.78 is 0. The van der Waals surface area contributed by atoms with Crippen molar-refractivity contribution in [3.63, 3.8) is 0 Å². The van der Waals surface area contributed by atoms with Gasteiger partial charge in [0.2, 0.25) is 5.91 Å². The Labute approximate surface area is 87.5 Å². The fourth-order valence-corrected chi connectivity index (χ4v) is 0.761. The Morgan fingerprint density at radius 3 is 2.00 bits per heavy atom. The van der Waals surface area contributed by atoms with Crippen LogP contribution < -0.4 is 0 Å². The molecule has 0 aliphatic carbocycles. The molecule has 0 rings (SSSR count). The van der Waals surface area contributed by atoms with Gasteiger partial charge in [0.05, 0.1) is 6.61 Å². The highest BCUT2D eigenvalue weighted by molar-refractivity contribution is 5.72. The number of hydrogen-bond acceptors (Lipinski definition) is 3. The maximum atomic E-state index is 10.8. The van der Waals surface area contributed by atoms with Crippen LogP contribution in [0.5, 0.6) is 0 Å². The average molecular weight is 204 g/mol. The van der Waals surface area contributed by atoms with Crippen molar-refractivity contribution in [1.82, 2.24) is 9.80 Å². The van der Waals surface area contributed by atoms with E-state index < -0.39 is 0 Å². The van der Waals surface area contributed by atoms with E-state index in [1.807, 2.05) is 25.8 Å². The molecule has 0 atom stereocenters. The molecular weight excluding hydrogens is 180 g/mol. The molecule has 1 N–H and O–H groups in total. The summed E-state index contributed by atoms with van der Waals surface area (Å²) in [6.07, 6.45) is 0. The molecule has 0 aromatic rings. The molecule has 0 heterocycles. The van der Waals surface area contributed by atoms with Gasteiger partial charge in [-0.3, -0.25) is 4.79 Å². The highest BCUT2D eigenvalue weighted by Gasteiger charge is 2.03. The largest absolute Gasteiger partial charge is 0.395 e. The molecule has 0 radical (unpaired) electrons. The zero-order valence-electron chi connectivity index (χ0n) is 10.1. The second-order valence-corrected chi connectivity index (χ2v) is 2.97. The second-order valence-electron chi connectivity index (χ2n) is 2.97. The minimum absolute atomic E-state index is 0.0763. The zero-order chi connectivity index (χ0) is 11.6. The Morgan fingerprint density at radius 1 is 1.14 bits per heavy atom. The highest BCUT2D eigenvalue weighted by Crippen LogP contribution is 1.86. The van der Waals surface area contributed by atoms with E-state index in [1.54, 1.807) is 18.9 Å². The van der Waals surface area contributed by atoms with Crippen molar-refractivity contribution < 1.29 is 9.90 Å². The minimum atomic E-state index is 0.0763. The van der Waals surface area contributed by atoms with Crippen molar-refractivity contribution in [2.45, 2.75) is 20.8 Å². The Bertz CT molecular complexity index is 140. The lowest BCUT2D eigenvalue weighted by Crippen LogP contribution is -2.34. The van der Waals surface area contributed by atoms with Crippen LogP contribution in [0.4, 0.5) is 0 Å². The van der Waals surface area contributed by atoms with Gasteiger partial charge >= 0.3 is 0 Å². The number of amides is 1. The number of aliphatic hydroxyl groups excluding tert-OH is 1. The van der Waals surface area contributed by atoms with E-state index >= 15 is 0 Å². The molecule has 0 unspecified atom stereocenters. The molecule has 4 heteroatoms. The van der Waals surface area contributed by atoms with E-state index in [4.69, 9.17) is 5.11 Å². The van der Waals surface area contributed by atoms with Crippen LogP contribution in [0, 0.1) is 0 Å². The maximum Gasteiger partial charge on any atom is 0.219 e. The predicted molar refractivity (Wildman–Crippen MR) is 59.2 cm³/mol. The Morgan fingerprint density at radius 2 is 1.64 bits per heavy atom. The number of rotatable bonds is 5. The molecule has 4 nitrogen and oxygen atoms in total. The number of aliphatic hydroxyl groups is 1. The van der Waals surface area contributed by atoms with Gasteiger partial charge in [-0.15, -0.1) is 0 Å². The van der Waals surface area contributed by atoms with Gasteiger partial charge in [-0.25, -0.2) is 0 Å². The summed E-state index contributed by atoms with van der Waals surface area (Å²) in [7, 11) is 3.69. The third kappa shape index (κ3) is 9.48. The van der Waals surface area contributed by atoms with Crippen molar-refractivity contribution in [3.8, 4) is 0 Å². The summed E-state index contributed by atoms with van der Waals surface area (Å²) in [6.45, 7) is 7.89. The van der Waals surface area contributed by atoms with E-state index in [9.17, 15) is 4.79 Å². The fraction of sp³-hybridized carbons (Fsp3) is 0.900. The van der Waals surface area contributed by atoms with Gasteiger partial charge in [0.1, 0.15) is 0 Å². The smallest absolute Gasteiger partial charge is 0.219 e. The van der Waals surface area contributed by atoms with Gasteiger partial charge in [-0.05, 0) is 7.05 Å². The van der Waals surface area contributed by atoms with E-state index in [2.05, 4.69) is 0 Å². The van der Waals surface area contributed by atoms with Crippen LogP contribution in [0.1, 0.15) is 20.8 Å². The highest BCUT2D eigenvalue weighted by atomic mass is 16.3. The van der Waals surface area contributed by atoms with Crippen molar-refractivity contribution >= 4 is 5.91 Å². The van der Waals surface area contributed by atoms with Crippen LogP contribution in [0.2, 0.25) is 0 Å². The van der Waals surface area contributed by atoms with Crippen LogP contribution in [-0.4, -0.2) is 61.2 Å². The summed E-state index contributed by atoms with van der Waals surface area (Å²) >= 11 is 0. The first kappa shape index (κ1) is 15.8. The van der Waals surface area contributed by atoms with Crippen LogP contribution in [0.25, 0.3) is 0 Å². The van der Waals surface area contributed by atoms with Crippen LogP contribution >= 0.6 is 0 Å². The SMILES string of the molecule is CC.CC(=O)N(C)CCN(C)CCO. The fourth-order valence-electron chi connectivity index (χ4n) is 0.761. The van der Waals surface area contributed by atoms with Crippen molar-refractivity contribution in [3.05, 3.63) is 0 Å². The molecule has 0 bridgehead atoms. The third-order valence-electron chi connectivity index (χ3n) is 1.84. The quantitative estimate of drug-likeness (QED) is 0.705. The summed E-state index contributed by atoms with van der Waals surface area (Å²) in [5.41, 5.74) is 0. The standard InChI is InChI=1S/C8H18N2O2.C2H6/c1-8(12)10(3)5-4-9(2)6-7-11;1-2/h11H,4-7H2,1-3H3;1-2H3. The second kappa shape index (κ2) is 10.5. The number of nitrogens with zero attached hydrogens (tertiary/aromatic N) is 2. The van der Waals surface area contributed by atoms with Gasteiger partial charge in [0.25, 0.3) is 0 Å². The molecule has 0 spiro atoms. The maximum absolute atomic E-state index is 10.8. The lowest BCUT2D eigenvalue weighted by molar-refractivity contribution is -0.127. The molecule has 0 aliphatic rings. The normalized spacial score (nSPS) is 9.36. The average Bonchev–Trinajstić information content (AvgIpc) is 2.17. The van der Waals surface area contributed by atoms with Crippen molar-refractivity contribution in [1.29, 1.82) is 0 Å². The predicted octanol–water partition coefficient (Wildman–Crippen LogP) is 0.415. The van der Waals surface area contributed by atoms with Crippen molar-refractivity contribution in [2.24, 2.45) is 0 Å². The monoisotopic (exact) mass is 204 g/mol. The minimum Gasteiger partial charge on any atom is -0.395 e. The topological polar surface area (TPSA) is 43.8 Å². The van der Waals surface area contributed by atoms with Gasteiger partial charge < -0.3 is 14.9 Å². The Balaban J connectivity index is 0. The van der Waals surface area contributed by atoms with Gasteiger partial charge in [-0.1, -0.05) is 13.8 Å². The third-order valence-corrected chi connectivity index (χ3v) is 1.84. The number of carbonyl (C=O) groups excluding carboxylic acids is 1. The van der Waals surface area contributed by atoms with E-state index in [0.29, 0.717) is 13.1 Å². The van der Waals surface area contributed by atoms with E-state index in [0.717, 1.165) is 6.54 Å². The molecular formula is C10H24N2O2. The van der Waals surface area contributed by atoms with Crippen LogP contribution in [0.3, 0.4) is 0 Å². The number of likely N-dealkylation sites (N-methyl/N-ethyl adjacent to an activating group) is 2.